The third kappa shape index (κ3) is 4.73. The van der Waals surface area contributed by atoms with Gasteiger partial charge in [-0.05, 0) is 61.6 Å². The van der Waals surface area contributed by atoms with Crippen LogP contribution in [0, 0.1) is 5.92 Å². The van der Waals surface area contributed by atoms with Crippen molar-refractivity contribution >= 4 is 44.8 Å². The molecule has 2 aromatic carbocycles. The predicted octanol–water partition coefficient (Wildman–Crippen LogP) is 3.17. The van der Waals surface area contributed by atoms with Gasteiger partial charge in [-0.15, -0.1) is 0 Å². The molecule has 160 valence electrons. The van der Waals surface area contributed by atoms with Crippen molar-refractivity contribution < 1.29 is 13.2 Å². The molecule has 4 rings (SSSR count). The molecule has 0 spiro atoms. The number of benzene rings is 2. The smallest absolute Gasteiger partial charge is 0.261 e. The molecule has 30 heavy (non-hydrogen) atoms. The minimum atomic E-state index is -3.87. The van der Waals surface area contributed by atoms with E-state index in [9.17, 15) is 13.2 Å². The fraction of sp³-hybridized carbons (Fsp3) is 0.350. The van der Waals surface area contributed by atoms with Crippen LogP contribution in [0.5, 0.6) is 0 Å². The Balaban J connectivity index is 1.44. The average Bonchev–Trinajstić information content (AvgIpc) is 3.17. The standard InChI is InChI=1S/C20H22Cl2N4O3S/c21-17-6-5-16(10-18(17)22)30(28,29)26-15-3-1-2-12(8-15)20(27)24-14-4-7-19-13(9-14)11-23-25-19/h1-3,5-6,8,10,13-14,19,23,25-26H,4,7,9,11H2,(H,24,27). The number of nitrogens with one attached hydrogen (secondary N) is 4. The summed E-state index contributed by atoms with van der Waals surface area (Å²) in [4.78, 5) is 12.7. The molecule has 1 saturated heterocycles. The van der Waals surface area contributed by atoms with Crippen molar-refractivity contribution in [1.29, 1.82) is 0 Å². The van der Waals surface area contributed by atoms with Crippen molar-refractivity contribution in [3.05, 3.63) is 58.1 Å². The Morgan fingerprint density at radius 3 is 2.70 bits per heavy atom. The van der Waals surface area contributed by atoms with Crippen LogP contribution in [0.4, 0.5) is 5.69 Å². The maximum Gasteiger partial charge on any atom is 0.261 e. The molecule has 1 heterocycles. The SMILES string of the molecule is O=C(NC1CCC2NNCC2C1)c1cccc(NS(=O)(=O)c2ccc(Cl)c(Cl)c2)c1. The highest BCUT2D eigenvalue weighted by Crippen LogP contribution is 2.28. The second-order valence-electron chi connectivity index (χ2n) is 7.64. The molecule has 2 fully saturated rings. The summed E-state index contributed by atoms with van der Waals surface area (Å²) in [7, 11) is -3.87. The minimum absolute atomic E-state index is 0.0118. The number of fused-ring (bicyclic) bond motifs is 1. The molecular formula is C20H22Cl2N4O3S. The number of carbonyl (C=O) groups is 1. The van der Waals surface area contributed by atoms with Crippen molar-refractivity contribution in [1.82, 2.24) is 16.2 Å². The second kappa shape index (κ2) is 8.72. The lowest BCUT2D eigenvalue weighted by atomic mass is 9.83. The van der Waals surface area contributed by atoms with Gasteiger partial charge in [0.1, 0.15) is 0 Å². The fourth-order valence-electron chi connectivity index (χ4n) is 3.98. The summed E-state index contributed by atoms with van der Waals surface area (Å²) >= 11 is 11.8. The van der Waals surface area contributed by atoms with Crippen LogP contribution in [0.15, 0.2) is 47.4 Å². The molecule has 4 N–H and O–H groups in total. The molecule has 1 saturated carbocycles. The summed E-state index contributed by atoms with van der Waals surface area (Å²) in [5.74, 6) is 0.293. The summed E-state index contributed by atoms with van der Waals surface area (Å²) in [5.41, 5.74) is 7.14. The number of rotatable bonds is 5. The first kappa shape index (κ1) is 21.4. The number of hydrogen-bond acceptors (Lipinski definition) is 5. The number of anilines is 1. The van der Waals surface area contributed by atoms with Crippen LogP contribution >= 0.6 is 23.2 Å². The second-order valence-corrected chi connectivity index (χ2v) is 10.1. The van der Waals surface area contributed by atoms with Crippen LogP contribution in [0.1, 0.15) is 29.6 Å². The van der Waals surface area contributed by atoms with Crippen LogP contribution in [-0.4, -0.2) is 33.0 Å². The highest BCUT2D eigenvalue weighted by atomic mass is 35.5. The van der Waals surface area contributed by atoms with E-state index >= 15 is 0 Å². The first-order valence-electron chi connectivity index (χ1n) is 9.69. The van der Waals surface area contributed by atoms with E-state index in [0.717, 1.165) is 25.8 Å². The van der Waals surface area contributed by atoms with Crippen LogP contribution in [0.25, 0.3) is 0 Å². The molecule has 0 bridgehead atoms. The van der Waals surface area contributed by atoms with Gasteiger partial charge in [-0.3, -0.25) is 20.4 Å². The zero-order chi connectivity index (χ0) is 21.3. The monoisotopic (exact) mass is 468 g/mol. The van der Waals surface area contributed by atoms with Gasteiger partial charge in [0.2, 0.25) is 0 Å². The van der Waals surface area contributed by atoms with Crippen molar-refractivity contribution in [2.24, 2.45) is 5.92 Å². The highest BCUT2D eigenvalue weighted by molar-refractivity contribution is 7.92. The molecule has 3 unspecified atom stereocenters. The Kier molecular flexibility index (Phi) is 6.22. The van der Waals surface area contributed by atoms with E-state index in [4.69, 9.17) is 23.2 Å². The Labute approximate surface area is 185 Å². The number of hydrazine groups is 1. The number of hydrogen-bond donors (Lipinski definition) is 4. The Morgan fingerprint density at radius 2 is 1.90 bits per heavy atom. The van der Waals surface area contributed by atoms with Gasteiger partial charge in [-0.25, -0.2) is 8.42 Å². The summed E-state index contributed by atoms with van der Waals surface area (Å²) in [6.07, 6.45) is 2.83. The van der Waals surface area contributed by atoms with Gasteiger partial charge in [0.05, 0.1) is 14.9 Å². The molecule has 2 aliphatic rings. The van der Waals surface area contributed by atoms with E-state index in [0.29, 0.717) is 23.2 Å². The Bertz CT molecular complexity index is 1060. The normalized spacial score (nSPS) is 23.6. The summed E-state index contributed by atoms with van der Waals surface area (Å²) in [5, 5.41) is 3.50. The first-order valence-corrected chi connectivity index (χ1v) is 11.9. The van der Waals surface area contributed by atoms with E-state index in [-0.39, 0.29) is 26.9 Å². The zero-order valence-corrected chi connectivity index (χ0v) is 18.3. The summed E-state index contributed by atoms with van der Waals surface area (Å²) in [6, 6.07) is 11.1. The highest BCUT2D eigenvalue weighted by Gasteiger charge is 2.34. The zero-order valence-electron chi connectivity index (χ0n) is 16.0. The van der Waals surface area contributed by atoms with Crippen LogP contribution in [0.2, 0.25) is 10.0 Å². The van der Waals surface area contributed by atoms with E-state index in [2.05, 4.69) is 20.9 Å². The van der Waals surface area contributed by atoms with Crippen LogP contribution < -0.4 is 20.9 Å². The minimum Gasteiger partial charge on any atom is -0.349 e. The maximum atomic E-state index is 12.7. The number of sulfonamides is 1. The number of amides is 1. The van der Waals surface area contributed by atoms with Crippen molar-refractivity contribution in [2.45, 2.75) is 36.2 Å². The van der Waals surface area contributed by atoms with E-state index in [1.807, 2.05) is 0 Å². The van der Waals surface area contributed by atoms with Gasteiger partial charge in [0.15, 0.2) is 0 Å². The maximum absolute atomic E-state index is 12.7. The number of carbonyl (C=O) groups excluding carboxylic acids is 1. The van der Waals surface area contributed by atoms with E-state index in [1.54, 1.807) is 18.2 Å². The van der Waals surface area contributed by atoms with Crippen molar-refractivity contribution in [2.75, 3.05) is 11.3 Å². The van der Waals surface area contributed by atoms with Gasteiger partial charge in [0.25, 0.3) is 15.9 Å². The lowest BCUT2D eigenvalue weighted by Gasteiger charge is -2.31. The molecule has 0 aromatic heterocycles. The quantitative estimate of drug-likeness (QED) is 0.539. The first-order chi connectivity index (χ1) is 14.3. The molecule has 2 aromatic rings. The third-order valence-electron chi connectivity index (χ3n) is 5.55. The van der Waals surface area contributed by atoms with E-state index < -0.39 is 10.0 Å². The molecular weight excluding hydrogens is 447 g/mol. The van der Waals surface area contributed by atoms with Crippen molar-refractivity contribution in [3.63, 3.8) is 0 Å². The van der Waals surface area contributed by atoms with E-state index in [1.165, 1.54) is 24.3 Å². The molecule has 1 aliphatic carbocycles. The third-order valence-corrected chi connectivity index (χ3v) is 7.67. The fourth-order valence-corrected chi connectivity index (χ4v) is 5.42. The molecule has 7 nitrogen and oxygen atoms in total. The van der Waals surface area contributed by atoms with Crippen molar-refractivity contribution in [3.8, 4) is 0 Å². The van der Waals surface area contributed by atoms with Gasteiger partial charge < -0.3 is 5.32 Å². The van der Waals surface area contributed by atoms with Gasteiger partial charge in [0, 0.05) is 29.9 Å². The average molecular weight is 469 g/mol. The molecule has 3 atom stereocenters. The lowest BCUT2D eigenvalue weighted by Crippen LogP contribution is -2.44. The number of halogens is 2. The Hall–Kier alpha value is -1.84. The molecule has 10 heteroatoms. The lowest BCUT2D eigenvalue weighted by molar-refractivity contribution is 0.0918. The molecule has 0 radical (unpaired) electrons. The van der Waals surface area contributed by atoms with Gasteiger partial charge in [-0.2, -0.15) is 0 Å². The summed E-state index contributed by atoms with van der Waals surface area (Å²) < 4.78 is 27.8. The topological polar surface area (TPSA) is 99.3 Å². The predicted molar refractivity (Wildman–Crippen MR) is 117 cm³/mol. The largest absolute Gasteiger partial charge is 0.349 e. The molecule has 1 amide bonds. The van der Waals surface area contributed by atoms with Crippen LogP contribution in [0.3, 0.4) is 0 Å². The summed E-state index contributed by atoms with van der Waals surface area (Å²) in [6.45, 7) is 0.906. The Morgan fingerprint density at radius 1 is 1.07 bits per heavy atom. The van der Waals surface area contributed by atoms with Gasteiger partial charge in [-0.1, -0.05) is 29.3 Å². The molecule has 1 aliphatic heterocycles. The van der Waals surface area contributed by atoms with Gasteiger partial charge >= 0.3 is 0 Å². The van der Waals surface area contributed by atoms with Crippen LogP contribution in [-0.2, 0) is 10.0 Å².